The molecule has 1 aliphatic rings. The number of nitrogens with zero attached hydrogens (tertiary/aromatic N) is 2. The van der Waals surface area contributed by atoms with Crippen molar-refractivity contribution in [3.63, 3.8) is 0 Å². The minimum absolute atomic E-state index is 0.0120. The van der Waals surface area contributed by atoms with Gasteiger partial charge in [-0.2, -0.15) is 0 Å². The van der Waals surface area contributed by atoms with Gasteiger partial charge in [-0.3, -0.25) is 14.9 Å². The molecule has 1 aromatic carbocycles. The SMILES string of the molecule is O=C1N=CCc2c1cccc2[N+](=O)[O-]. The van der Waals surface area contributed by atoms with E-state index in [1.165, 1.54) is 18.3 Å². The number of carbonyl (C=O) groups excluding carboxylic acids is 1. The number of hydrogen-bond acceptors (Lipinski definition) is 3. The standard InChI is InChI=1S/C9H6N2O3/c12-9-7-2-1-3-8(11(13)14)6(7)4-5-10-9/h1-3,5H,4H2. The van der Waals surface area contributed by atoms with Crippen LogP contribution >= 0.6 is 0 Å². The number of nitro benzene ring substituents is 1. The van der Waals surface area contributed by atoms with Gasteiger partial charge in [0.1, 0.15) is 0 Å². The van der Waals surface area contributed by atoms with Crippen molar-refractivity contribution in [3.8, 4) is 0 Å². The molecule has 0 atom stereocenters. The van der Waals surface area contributed by atoms with Gasteiger partial charge < -0.3 is 0 Å². The molecular weight excluding hydrogens is 184 g/mol. The van der Waals surface area contributed by atoms with Crippen LogP contribution in [0.2, 0.25) is 0 Å². The zero-order chi connectivity index (χ0) is 10.1. The summed E-state index contributed by atoms with van der Waals surface area (Å²) in [6.07, 6.45) is 1.75. The maximum absolute atomic E-state index is 11.2. The van der Waals surface area contributed by atoms with Crippen molar-refractivity contribution < 1.29 is 9.72 Å². The van der Waals surface area contributed by atoms with Crippen molar-refractivity contribution in [2.24, 2.45) is 4.99 Å². The van der Waals surface area contributed by atoms with Gasteiger partial charge >= 0.3 is 0 Å². The van der Waals surface area contributed by atoms with Gasteiger partial charge in [0.2, 0.25) is 0 Å². The van der Waals surface area contributed by atoms with Crippen LogP contribution in [0.3, 0.4) is 0 Å². The minimum atomic E-state index is -0.481. The smallest absolute Gasteiger partial charge is 0.267 e. The van der Waals surface area contributed by atoms with Crippen LogP contribution in [-0.4, -0.2) is 17.0 Å². The van der Waals surface area contributed by atoms with Crippen molar-refractivity contribution in [1.82, 2.24) is 0 Å². The normalized spacial score (nSPS) is 13.9. The molecule has 0 bridgehead atoms. The molecular formula is C9H6N2O3. The maximum atomic E-state index is 11.2. The summed E-state index contributed by atoms with van der Waals surface area (Å²) in [5, 5.41) is 10.6. The molecule has 2 rings (SSSR count). The van der Waals surface area contributed by atoms with Gasteiger partial charge in [0.05, 0.1) is 10.5 Å². The lowest BCUT2D eigenvalue weighted by molar-refractivity contribution is -0.385. The van der Waals surface area contributed by atoms with Gasteiger partial charge in [-0.15, -0.1) is 0 Å². The third kappa shape index (κ3) is 1.19. The van der Waals surface area contributed by atoms with Crippen LogP contribution in [0.1, 0.15) is 15.9 Å². The number of rotatable bonds is 1. The second-order valence-corrected chi connectivity index (χ2v) is 2.88. The summed E-state index contributed by atoms with van der Waals surface area (Å²) < 4.78 is 0. The topological polar surface area (TPSA) is 72.6 Å². The molecule has 1 aliphatic heterocycles. The summed E-state index contributed by atoms with van der Waals surface area (Å²) in [4.78, 5) is 25.0. The molecule has 0 N–H and O–H groups in total. The zero-order valence-electron chi connectivity index (χ0n) is 7.14. The quantitative estimate of drug-likeness (QED) is 0.495. The largest absolute Gasteiger partial charge is 0.277 e. The average Bonchev–Trinajstić information content (AvgIpc) is 2.17. The van der Waals surface area contributed by atoms with E-state index in [2.05, 4.69) is 4.99 Å². The second kappa shape index (κ2) is 3.02. The summed E-state index contributed by atoms with van der Waals surface area (Å²) >= 11 is 0. The first kappa shape index (κ1) is 8.55. The monoisotopic (exact) mass is 190 g/mol. The highest BCUT2D eigenvalue weighted by atomic mass is 16.6. The molecule has 14 heavy (non-hydrogen) atoms. The summed E-state index contributed by atoms with van der Waals surface area (Å²) in [6.45, 7) is 0. The molecule has 5 nitrogen and oxygen atoms in total. The lowest BCUT2D eigenvalue weighted by atomic mass is 10.0. The Bertz CT molecular complexity index is 451. The van der Waals surface area contributed by atoms with Crippen LogP contribution < -0.4 is 0 Å². The highest BCUT2D eigenvalue weighted by molar-refractivity contribution is 6.04. The third-order valence-corrected chi connectivity index (χ3v) is 2.08. The number of amides is 1. The first-order valence-corrected chi connectivity index (χ1v) is 4.03. The highest BCUT2D eigenvalue weighted by Gasteiger charge is 2.22. The number of carbonyl (C=O) groups is 1. The van der Waals surface area contributed by atoms with Crippen LogP contribution in [0, 0.1) is 10.1 Å². The van der Waals surface area contributed by atoms with Crippen LogP contribution in [0.25, 0.3) is 0 Å². The molecule has 0 unspecified atom stereocenters. The fourth-order valence-corrected chi connectivity index (χ4v) is 1.45. The lowest BCUT2D eigenvalue weighted by Crippen LogP contribution is -2.10. The van der Waals surface area contributed by atoms with E-state index in [0.29, 0.717) is 17.5 Å². The molecule has 0 aliphatic carbocycles. The first-order chi connectivity index (χ1) is 6.70. The van der Waals surface area contributed by atoms with Gasteiger partial charge in [0.15, 0.2) is 0 Å². The molecule has 1 heterocycles. The summed E-state index contributed by atoms with van der Waals surface area (Å²) in [7, 11) is 0. The number of aliphatic imine (C=N–C) groups is 1. The maximum Gasteiger partial charge on any atom is 0.277 e. The minimum Gasteiger partial charge on any atom is -0.267 e. The molecule has 5 heteroatoms. The summed E-state index contributed by atoms with van der Waals surface area (Å²) in [6, 6.07) is 4.45. The molecule has 0 saturated heterocycles. The van der Waals surface area contributed by atoms with E-state index >= 15 is 0 Å². The molecule has 0 saturated carbocycles. The van der Waals surface area contributed by atoms with E-state index in [0.717, 1.165) is 0 Å². The predicted molar refractivity (Wildman–Crippen MR) is 49.6 cm³/mol. The van der Waals surface area contributed by atoms with E-state index in [9.17, 15) is 14.9 Å². The van der Waals surface area contributed by atoms with Gasteiger partial charge in [-0.1, -0.05) is 6.07 Å². The van der Waals surface area contributed by atoms with E-state index in [1.54, 1.807) is 6.07 Å². The fourth-order valence-electron chi connectivity index (χ4n) is 1.45. The molecule has 1 aromatic rings. The number of fused-ring (bicyclic) bond motifs is 1. The van der Waals surface area contributed by atoms with Crippen LogP contribution in [0.4, 0.5) is 5.69 Å². The van der Waals surface area contributed by atoms with E-state index in [4.69, 9.17) is 0 Å². The molecule has 0 radical (unpaired) electrons. The molecule has 0 aromatic heterocycles. The summed E-state index contributed by atoms with van der Waals surface area (Å²) in [5.41, 5.74) is 0.779. The number of benzene rings is 1. The third-order valence-electron chi connectivity index (χ3n) is 2.08. The number of nitro groups is 1. The van der Waals surface area contributed by atoms with Crippen molar-refractivity contribution in [3.05, 3.63) is 39.4 Å². The summed E-state index contributed by atoms with van der Waals surface area (Å²) in [5.74, 6) is -0.407. The van der Waals surface area contributed by atoms with Crippen LogP contribution in [0.5, 0.6) is 0 Å². The Morgan fingerprint density at radius 3 is 2.93 bits per heavy atom. The number of hydrogen-bond donors (Lipinski definition) is 0. The predicted octanol–water partition coefficient (Wildman–Crippen LogP) is 1.36. The van der Waals surface area contributed by atoms with Crippen molar-refractivity contribution >= 4 is 17.8 Å². The Morgan fingerprint density at radius 1 is 1.43 bits per heavy atom. The zero-order valence-corrected chi connectivity index (χ0v) is 7.14. The van der Waals surface area contributed by atoms with Gasteiger partial charge in [-0.05, 0) is 6.07 Å². The highest BCUT2D eigenvalue weighted by Crippen LogP contribution is 2.24. The van der Waals surface area contributed by atoms with Crippen molar-refractivity contribution in [2.75, 3.05) is 0 Å². The average molecular weight is 190 g/mol. The van der Waals surface area contributed by atoms with E-state index in [-0.39, 0.29) is 5.69 Å². The Morgan fingerprint density at radius 2 is 2.21 bits per heavy atom. The molecule has 0 fully saturated rings. The Balaban J connectivity index is 2.64. The first-order valence-electron chi connectivity index (χ1n) is 4.03. The van der Waals surface area contributed by atoms with Crippen LogP contribution in [-0.2, 0) is 6.42 Å². The van der Waals surface area contributed by atoms with Gasteiger partial charge in [0.25, 0.3) is 11.6 Å². The van der Waals surface area contributed by atoms with E-state index in [1.807, 2.05) is 0 Å². The second-order valence-electron chi connectivity index (χ2n) is 2.88. The van der Waals surface area contributed by atoms with E-state index < -0.39 is 10.8 Å². The Labute approximate surface area is 79.2 Å². The van der Waals surface area contributed by atoms with Gasteiger partial charge in [0, 0.05) is 24.3 Å². The Hall–Kier alpha value is -2.04. The van der Waals surface area contributed by atoms with Gasteiger partial charge in [-0.25, -0.2) is 4.99 Å². The van der Waals surface area contributed by atoms with Crippen molar-refractivity contribution in [1.29, 1.82) is 0 Å². The Kier molecular flexibility index (Phi) is 1.85. The lowest BCUT2D eigenvalue weighted by Gasteiger charge is -2.08. The molecule has 0 spiro atoms. The van der Waals surface area contributed by atoms with Crippen LogP contribution in [0.15, 0.2) is 23.2 Å². The van der Waals surface area contributed by atoms with Crippen molar-refractivity contribution in [2.45, 2.75) is 6.42 Å². The molecule has 70 valence electrons. The fraction of sp³-hybridized carbons (Fsp3) is 0.111. The molecule has 1 amide bonds.